The molecule has 26 heavy (non-hydrogen) atoms. The van der Waals surface area contributed by atoms with E-state index in [0.717, 1.165) is 11.1 Å². The first-order chi connectivity index (χ1) is 12.7. The number of rotatable bonds is 6. The SMILES string of the molecule is Cc1ccccc1-c1noc(C[S@@](=O)Cc2cc(-c3ccco3)on2)n1. The minimum Gasteiger partial charge on any atom is -0.461 e. The Morgan fingerprint density at radius 3 is 2.69 bits per heavy atom. The second-order valence-electron chi connectivity index (χ2n) is 5.71. The maximum atomic E-state index is 12.4. The molecule has 0 aliphatic heterocycles. The molecule has 8 heteroatoms. The van der Waals surface area contributed by atoms with Gasteiger partial charge in [0.25, 0.3) is 0 Å². The summed E-state index contributed by atoms with van der Waals surface area (Å²) in [5, 5.41) is 7.90. The largest absolute Gasteiger partial charge is 0.461 e. The zero-order chi connectivity index (χ0) is 17.9. The van der Waals surface area contributed by atoms with Crippen LogP contribution < -0.4 is 0 Å². The van der Waals surface area contributed by atoms with Gasteiger partial charge in [-0.2, -0.15) is 4.98 Å². The Morgan fingerprint density at radius 1 is 1.00 bits per heavy atom. The van der Waals surface area contributed by atoms with Gasteiger partial charge in [0, 0.05) is 22.4 Å². The van der Waals surface area contributed by atoms with Gasteiger partial charge in [0.2, 0.25) is 17.5 Å². The molecule has 7 nitrogen and oxygen atoms in total. The molecule has 0 saturated heterocycles. The highest BCUT2D eigenvalue weighted by Crippen LogP contribution is 2.22. The number of aromatic nitrogens is 3. The molecule has 4 rings (SSSR count). The fourth-order valence-corrected chi connectivity index (χ4v) is 3.48. The lowest BCUT2D eigenvalue weighted by molar-refractivity contribution is 0.390. The average molecular weight is 369 g/mol. The van der Waals surface area contributed by atoms with Crippen LogP contribution in [0.5, 0.6) is 0 Å². The monoisotopic (exact) mass is 369 g/mol. The molecule has 0 amide bonds. The van der Waals surface area contributed by atoms with Gasteiger partial charge in [-0.3, -0.25) is 4.21 Å². The number of hydrogen-bond donors (Lipinski definition) is 0. The third kappa shape index (κ3) is 3.50. The molecule has 3 aromatic heterocycles. The average Bonchev–Trinajstić information content (AvgIpc) is 3.36. The van der Waals surface area contributed by atoms with Crippen LogP contribution in [0.3, 0.4) is 0 Å². The molecule has 132 valence electrons. The predicted octanol–water partition coefficient (Wildman–Crippen LogP) is 3.74. The molecule has 0 spiro atoms. The van der Waals surface area contributed by atoms with Crippen LogP contribution in [-0.4, -0.2) is 19.5 Å². The Balaban J connectivity index is 1.42. The lowest BCUT2D eigenvalue weighted by Gasteiger charge is -1.98. The Kier molecular flexibility index (Phi) is 4.49. The first kappa shape index (κ1) is 16.5. The third-order valence-electron chi connectivity index (χ3n) is 3.77. The Morgan fingerprint density at radius 2 is 1.88 bits per heavy atom. The summed E-state index contributed by atoms with van der Waals surface area (Å²) in [6, 6.07) is 13.0. The molecule has 0 bridgehead atoms. The zero-order valence-corrected chi connectivity index (χ0v) is 14.7. The van der Waals surface area contributed by atoms with E-state index in [1.807, 2.05) is 31.2 Å². The molecule has 0 unspecified atom stereocenters. The molecule has 4 aromatic rings. The van der Waals surface area contributed by atoms with Gasteiger partial charge in [-0.25, -0.2) is 0 Å². The van der Waals surface area contributed by atoms with Gasteiger partial charge < -0.3 is 13.5 Å². The van der Waals surface area contributed by atoms with E-state index in [-0.39, 0.29) is 11.5 Å². The van der Waals surface area contributed by atoms with E-state index in [1.165, 1.54) is 0 Å². The number of nitrogens with zero attached hydrogens (tertiary/aromatic N) is 3. The van der Waals surface area contributed by atoms with Gasteiger partial charge in [0.15, 0.2) is 5.76 Å². The van der Waals surface area contributed by atoms with Crippen molar-refractivity contribution in [2.75, 3.05) is 0 Å². The second-order valence-corrected chi connectivity index (χ2v) is 7.17. The predicted molar refractivity (Wildman–Crippen MR) is 94.2 cm³/mol. The van der Waals surface area contributed by atoms with E-state index in [2.05, 4.69) is 15.3 Å². The van der Waals surface area contributed by atoms with E-state index in [0.29, 0.717) is 28.9 Å². The highest BCUT2D eigenvalue weighted by atomic mass is 32.2. The summed E-state index contributed by atoms with van der Waals surface area (Å²) in [7, 11) is -1.25. The van der Waals surface area contributed by atoms with Gasteiger partial charge in [0.05, 0.1) is 17.7 Å². The maximum Gasteiger partial charge on any atom is 0.239 e. The molecule has 1 aromatic carbocycles. The third-order valence-corrected chi connectivity index (χ3v) is 4.96. The summed E-state index contributed by atoms with van der Waals surface area (Å²) in [6.45, 7) is 1.98. The Labute approximate surface area is 151 Å². The number of aryl methyl sites for hydroxylation is 1. The quantitative estimate of drug-likeness (QED) is 0.511. The smallest absolute Gasteiger partial charge is 0.239 e. The molecule has 0 saturated carbocycles. The van der Waals surface area contributed by atoms with Crippen molar-refractivity contribution in [3.8, 4) is 22.9 Å². The van der Waals surface area contributed by atoms with Crippen LogP contribution in [0.15, 0.2) is 62.2 Å². The van der Waals surface area contributed by atoms with E-state index < -0.39 is 10.8 Å². The van der Waals surface area contributed by atoms with Gasteiger partial charge in [0.1, 0.15) is 5.75 Å². The molecule has 0 fully saturated rings. The zero-order valence-electron chi connectivity index (χ0n) is 13.9. The number of benzene rings is 1. The second kappa shape index (κ2) is 7.09. The van der Waals surface area contributed by atoms with Crippen molar-refractivity contribution in [1.82, 2.24) is 15.3 Å². The van der Waals surface area contributed by atoms with Crippen LogP contribution in [0.25, 0.3) is 22.9 Å². The summed E-state index contributed by atoms with van der Waals surface area (Å²) >= 11 is 0. The fraction of sp³-hybridized carbons (Fsp3) is 0.167. The summed E-state index contributed by atoms with van der Waals surface area (Å²) in [6.07, 6.45) is 1.55. The first-order valence-corrected chi connectivity index (χ1v) is 9.41. The van der Waals surface area contributed by atoms with Crippen molar-refractivity contribution in [1.29, 1.82) is 0 Å². The van der Waals surface area contributed by atoms with Crippen molar-refractivity contribution in [3.05, 3.63) is 65.9 Å². The molecule has 0 radical (unpaired) electrons. The molecule has 0 aliphatic rings. The van der Waals surface area contributed by atoms with Crippen LogP contribution in [0, 0.1) is 6.92 Å². The Hall–Kier alpha value is -3.00. The fourth-order valence-electron chi connectivity index (χ4n) is 2.52. The van der Waals surface area contributed by atoms with Gasteiger partial charge >= 0.3 is 0 Å². The van der Waals surface area contributed by atoms with Gasteiger partial charge in [-0.1, -0.05) is 34.6 Å². The molecule has 0 aliphatic carbocycles. The van der Waals surface area contributed by atoms with E-state index >= 15 is 0 Å². The van der Waals surface area contributed by atoms with Crippen molar-refractivity contribution >= 4 is 10.8 Å². The summed E-state index contributed by atoms with van der Waals surface area (Å²) < 4.78 is 28.1. The molecule has 1 atom stereocenters. The first-order valence-electron chi connectivity index (χ1n) is 7.92. The molecule has 0 N–H and O–H groups in total. The topological polar surface area (TPSA) is 95.2 Å². The van der Waals surface area contributed by atoms with Crippen LogP contribution in [0.2, 0.25) is 0 Å². The Bertz CT molecular complexity index is 1040. The van der Waals surface area contributed by atoms with Crippen LogP contribution in [0.1, 0.15) is 17.1 Å². The van der Waals surface area contributed by atoms with Gasteiger partial charge in [-0.15, -0.1) is 0 Å². The van der Waals surface area contributed by atoms with Crippen LogP contribution in [0.4, 0.5) is 0 Å². The molecular weight excluding hydrogens is 354 g/mol. The highest BCUT2D eigenvalue weighted by Gasteiger charge is 2.16. The summed E-state index contributed by atoms with van der Waals surface area (Å²) in [5.74, 6) is 2.29. The highest BCUT2D eigenvalue weighted by molar-refractivity contribution is 7.83. The van der Waals surface area contributed by atoms with Crippen molar-refractivity contribution < 1.29 is 17.7 Å². The number of furan rings is 1. The standard InChI is InChI=1S/C18H15N3O4S/c1-12-5-2-3-6-14(12)18-19-17(25-21-18)11-26(22)10-13-9-16(24-20-13)15-7-4-8-23-15/h2-9H,10-11H2,1H3/t26-/m0/s1. The van der Waals surface area contributed by atoms with Crippen LogP contribution >= 0.6 is 0 Å². The lowest BCUT2D eigenvalue weighted by Crippen LogP contribution is -2.00. The van der Waals surface area contributed by atoms with E-state index in [1.54, 1.807) is 24.5 Å². The van der Waals surface area contributed by atoms with Crippen molar-refractivity contribution in [2.24, 2.45) is 0 Å². The van der Waals surface area contributed by atoms with Crippen molar-refractivity contribution in [3.63, 3.8) is 0 Å². The normalized spacial score (nSPS) is 12.3. The summed E-state index contributed by atoms with van der Waals surface area (Å²) in [4.78, 5) is 4.34. The number of hydrogen-bond acceptors (Lipinski definition) is 7. The minimum absolute atomic E-state index is 0.155. The van der Waals surface area contributed by atoms with E-state index in [9.17, 15) is 4.21 Å². The minimum atomic E-state index is -1.25. The van der Waals surface area contributed by atoms with Crippen molar-refractivity contribution in [2.45, 2.75) is 18.4 Å². The van der Waals surface area contributed by atoms with E-state index in [4.69, 9.17) is 13.5 Å². The molecule has 3 heterocycles. The van der Waals surface area contributed by atoms with Crippen LogP contribution in [-0.2, 0) is 22.3 Å². The molecular formula is C18H15N3O4S. The van der Waals surface area contributed by atoms with Gasteiger partial charge in [-0.05, 0) is 24.6 Å². The summed E-state index contributed by atoms with van der Waals surface area (Å²) in [5.41, 5.74) is 2.52. The lowest BCUT2D eigenvalue weighted by atomic mass is 10.1. The maximum absolute atomic E-state index is 12.4.